The van der Waals surface area contributed by atoms with Crippen LogP contribution in [-0.2, 0) is 4.79 Å². The lowest BCUT2D eigenvalue weighted by Gasteiger charge is -2.14. The highest BCUT2D eigenvalue weighted by molar-refractivity contribution is 8.00. The van der Waals surface area contributed by atoms with Crippen LogP contribution in [0.15, 0.2) is 70.3 Å². The molecule has 0 radical (unpaired) electrons. The molecule has 8 heteroatoms. The van der Waals surface area contributed by atoms with E-state index in [0.29, 0.717) is 22.1 Å². The van der Waals surface area contributed by atoms with Crippen LogP contribution in [0.1, 0.15) is 6.92 Å². The summed E-state index contributed by atoms with van der Waals surface area (Å²) in [5.41, 5.74) is 0.234. The van der Waals surface area contributed by atoms with Crippen LogP contribution < -0.4 is 5.32 Å². The number of halogens is 2. The number of rotatable bonds is 5. The number of furan rings is 1. The summed E-state index contributed by atoms with van der Waals surface area (Å²) < 4.78 is 33.0. The van der Waals surface area contributed by atoms with Gasteiger partial charge >= 0.3 is 0 Å². The number of benzene rings is 2. The number of hydrogen-bond acceptors (Lipinski definition) is 5. The average molecular weight is 411 g/mol. The molecular formula is C21H15F2N3O2S. The lowest BCUT2D eigenvalue weighted by molar-refractivity contribution is -0.115. The predicted octanol–water partition coefficient (Wildman–Crippen LogP) is 5.29. The van der Waals surface area contributed by atoms with Crippen LogP contribution in [0.4, 0.5) is 14.5 Å². The Labute approximate surface area is 169 Å². The topological polar surface area (TPSA) is 68.0 Å². The first-order valence-corrected chi connectivity index (χ1v) is 9.63. The van der Waals surface area contributed by atoms with Crippen molar-refractivity contribution >= 4 is 34.3 Å². The van der Waals surface area contributed by atoms with E-state index in [9.17, 15) is 13.6 Å². The lowest BCUT2D eigenvalue weighted by atomic mass is 10.2. The molecule has 1 unspecified atom stereocenters. The van der Waals surface area contributed by atoms with Gasteiger partial charge in [0.25, 0.3) is 0 Å². The first-order valence-electron chi connectivity index (χ1n) is 8.75. The molecule has 2 heterocycles. The molecule has 1 N–H and O–H groups in total. The van der Waals surface area contributed by atoms with Gasteiger partial charge in [0.1, 0.15) is 22.3 Å². The van der Waals surface area contributed by atoms with E-state index in [-0.39, 0.29) is 0 Å². The van der Waals surface area contributed by atoms with Gasteiger partial charge in [0.2, 0.25) is 5.91 Å². The van der Waals surface area contributed by atoms with Crippen molar-refractivity contribution < 1.29 is 18.0 Å². The summed E-state index contributed by atoms with van der Waals surface area (Å²) in [5, 5.41) is 2.98. The van der Waals surface area contributed by atoms with Gasteiger partial charge in [-0.15, -0.1) is 0 Å². The van der Waals surface area contributed by atoms with E-state index in [1.807, 2.05) is 24.3 Å². The molecule has 0 bridgehead atoms. The van der Waals surface area contributed by atoms with E-state index >= 15 is 0 Å². The predicted molar refractivity (Wildman–Crippen MR) is 108 cm³/mol. The van der Waals surface area contributed by atoms with Crippen LogP contribution in [0.2, 0.25) is 0 Å². The fourth-order valence-electron chi connectivity index (χ4n) is 2.72. The first-order chi connectivity index (χ1) is 14.0. The normalized spacial score (nSPS) is 12.1. The fraction of sp³-hybridized carbons (Fsp3) is 0.0952. The quantitative estimate of drug-likeness (QED) is 0.357. The monoisotopic (exact) mass is 411 g/mol. The van der Waals surface area contributed by atoms with E-state index < -0.39 is 28.5 Å². The summed E-state index contributed by atoms with van der Waals surface area (Å²) in [7, 11) is 0. The molecule has 0 saturated carbocycles. The number of aromatic nitrogens is 2. The number of thioether (sulfide) groups is 1. The minimum Gasteiger partial charge on any atom is -0.461 e. The van der Waals surface area contributed by atoms with Crippen LogP contribution in [0.5, 0.6) is 0 Å². The molecule has 29 heavy (non-hydrogen) atoms. The Bertz CT molecular complexity index is 1160. The Morgan fingerprint density at radius 1 is 1.03 bits per heavy atom. The summed E-state index contributed by atoms with van der Waals surface area (Å²) >= 11 is 1.17. The molecule has 0 saturated heterocycles. The smallest absolute Gasteiger partial charge is 0.237 e. The van der Waals surface area contributed by atoms with Crippen molar-refractivity contribution in [1.82, 2.24) is 9.97 Å². The maximum absolute atomic E-state index is 13.8. The molecule has 4 rings (SSSR count). The molecule has 0 fully saturated rings. The van der Waals surface area contributed by atoms with Gasteiger partial charge in [-0.25, -0.2) is 18.7 Å². The Balaban J connectivity index is 1.63. The van der Waals surface area contributed by atoms with Crippen LogP contribution in [0, 0.1) is 11.6 Å². The Hall–Kier alpha value is -3.26. The van der Waals surface area contributed by atoms with Crippen LogP contribution in [0.3, 0.4) is 0 Å². The van der Waals surface area contributed by atoms with Crippen molar-refractivity contribution in [3.8, 4) is 11.6 Å². The maximum Gasteiger partial charge on any atom is 0.237 e. The van der Waals surface area contributed by atoms with Gasteiger partial charge in [-0.05, 0) is 37.3 Å². The largest absolute Gasteiger partial charge is 0.461 e. The second kappa shape index (κ2) is 8.00. The lowest BCUT2D eigenvalue weighted by Crippen LogP contribution is -2.23. The van der Waals surface area contributed by atoms with Crippen molar-refractivity contribution in [3.05, 3.63) is 72.5 Å². The van der Waals surface area contributed by atoms with Gasteiger partial charge in [-0.2, -0.15) is 0 Å². The highest BCUT2D eigenvalue weighted by Crippen LogP contribution is 2.31. The Kier molecular flexibility index (Phi) is 5.26. The molecular weight excluding hydrogens is 396 g/mol. The second-order valence-corrected chi connectivity index (χ2v) is 7.52. The number of anilines is 1. The van der Waals surface area contributed by atoms with Crippen molar-refractivity contribution in [3.63, 3.8) is 0 Å². The number of carbonyl (C=O) groups excluding carboxylic acids is 1. The molecule has 0 aliphatic carbocycles. The molecule has 2 aromatic heterocycles. The van der Waals surface area contributed by atoms with E-state index in [1.54, 1.807) is 19.1 Å². The number of amides is 1. The zero-order valence-electron chi connectivity index (χ0n) is 15.2. The van der Waals surface area contributed by atoms with Gasteiger partial charge in [-0.1, -0.05) is 36.0 Å². The first kappa shape index (κ1) is 19.1. The number of hydrogen-bond donors (Lipinski definition) is 1. The van der Waals surface area contributed by atoms with E-state index in [1.165, 1.54) is 24.1 Å². The molecule has 5 nitrogen and oxygen atoms in total. The molecule has 0 aliphatic rings. The second-order valence-electron chi connectivity index (χ2n) is 6.19. The molecule has 0 aliphatic heterocycles. The van der Waals surface area contributed by atoms with Crippen molar-refractivity contribution in [2.75, 3.05) is 5.32 Å². The molecule has 1 amide bonds. The number of nitrogens with zero attached hydrogens (tertiary/aromatic N) is 2. The van der Waals surface area contributed by atoms with E-state index in [4.69, 9.17) is 4.42 Å². The minimum absolute atomic E-state index is 0.393. The molecule has 2 aromatic carbocycles. The van der Waals surface area contributed by atoms with Crippen molar-refractivity contribution in [2.24, 2.45) is 0 Å². The minimum atomic E-state index is -0.830. The molecule has 1 atom stereocenters. The summed E-state index contributed by atoms with van der Waals surface area (Å²) in [4.78, 5) is 21.6. The SMILES string of the molecule is CC(Sc1nc(-c2ccco2)nc2ccccc12)C(=O)Nc1c(F)cccc1F. The summed E-state index contributed by atoms with van der Waals surface area (Å²) in [5.74, 6) is -1.31. The Morgan fingerprint density at radius 2 is 1.79 bits per heavy atom. The van der Waals surface area contributed by atoms with Crippen LogP contribution in [-0.4, -0.2) is 21.1 Å². The third-order valence-corrected chi connectivity index (χ3v) is 5.28. The van der Waals surface area contributed by atoms with E-state index in [0.717, 1.165) is 17.5 Å². The van der Waals surface area contributed by atoms with Gasteiger partial charge in [0.15, 0.2) is 11.6 Å². The zero-order valence-corrected chi connectivity index (χ0v) is 16.0. The third kappa shape index (κ3) is 3.97. The summed E-state index contributed by atoms with van der Waals surface area (Å²) in [6.07, 6.45) is 1.53. The number of fused-ring (bicyclic) bond motifs is 1. The van der Waals surface area contributed by atoms with Crippen molar-refractivity contribution in [1.29, 1.82) is 0 Å². The summed E-state index contributed by atoms with van der Waals surface area (Å²) in [6.45, 7) is 1.64. The fourth-order valence-corrected chi connectivity index (χ4v) is 3.66. The van der Waals surface area contributed by atoms with Gasteiger partial charge in [0, 0.05) is 5.39 Å². The maximum atomic E-state index is 13.8. The standard InChI is InChI=1S/C21H15F2N3O2S/c1-12(20(27)25-18-14(22)7-4-8-15(18)23)29-21-13-6-2-3-9-16(13)24-19(26-21)17-10-5-11-28-17/h2-12H,1H3,(H,25,27). The zero-order chi connectivity index (χ0) is 20.4. The number of nitrogens with one attached hydrogen (secondary N) is 1. The highest BCUT2D eigenvalue weighted by atomic mass is 32.2. The highest BCUT2D eigenvalue weighted by Gasteiger charge is 2.21. The molecule has 4 aromatic rings. The number of carbonyl (C=O) groups is 1. The number of para-hydroxylation sites is 2. The summed E-state index contributed by atoms with van der Waals surface area (Å²) in [6, 6.07) is 14.3. The Morgan fingerprint density at radius 3 is 2.52 bits per heavy atom. The van der Waals surface area contributed by atoms with Gasteiger partial charge in [0.05, 0.1) is 17.0 Å². The van der Waals surface area contributed by atoms with E-state index in [2.05, 4.69) is 15.3 Å². The van der Waals surface area contributed by atoms with Gasteiger partial charge < -0.3 is 9.73 Å². The molecule has 146 valence electrons. The van der Waals surface area contributed by atoms with Gasteiger partial charge in [-0.3, -0.25) is 4.79 Å². The van der Waals surface area contributed by atoms with Crippen LogP contribution in [0.25, 0.3) is 22.5 Å². The third-order valence-electron chi connectivity index (χ3n) is 4.18. The van der Waals surface area contributed by atoms with Crippen molar-refractivity contribution in [2.45, 2.75) is 17.2 Å². The van der Waals surface area contributed by atoms with Crippen LogP contribution >= 0.6 is 11.8 Å². The average Bonchev–Trinajstić information content (AvgIpc) is 3.25. The molecule has 0 spiro atoms.